The van der Waals surface area contributed by atoms with E-state index in [4.69, 9.17) is 9.72 Å². The number of nitriles is 1. The first kappa shape index (κ1) is 23.4. The van der Waals surface area contributed by atoms with Gasteiger partial charge in [-0.15, -0.1) is 0 Å². The minimum absolute atomic E-state index is 0.477. The number of morpholine rings is 1. The minimum Gasteiger partial charge on any atom is -0.378 e. The molecule has 2 aromatic heterocycles. The Morgan fingerprint density at radius 2 is 1.76 bits per heavy atom. The van der Waals surface area contributed by atoms with Crippen LogP contribution in [0.25, 0.3) is 11.3 Å². The fraction of sp³-hybridized carbons (Fsp3) is 0.179. The van der Waals surface area contributed by atoms with Crippen LogP contribution in [0.4, 0.5) is 23.0 Å². The standard InChI is InChI=1S/C28H25N9O/c29-18-20-15-21(17-24(16-20)36-11-13-38-14-12-36)25-8-10-31-28(34-25)33-22-4-6-23(7-5-22)37-19-32-27(35-37)26-3-1-2-9-30-26/h1-10,15-17H,11-14,19H2,(H,32,35)(H,31,33,34). The number of pyridine rings is 1. The monoisotopic (exact) mass is 503 g/mol. The molecule has 0 atom stereocenters. The van der Waals surface area contributed by atoms with Crippen molar-refractivity contribution in [1.29, 1.82) is 5.26 Å². The Kier molecular flexibility index (Phi) is 6.49. The number of aliphatic imine (C=N–C) groups is 1. The Labute approximate surface area is 220 Å². The SMILES string of the molecule is N#Cc1cc(-c2ccnc(Nc3ccc(N4CN=C(c5ccccn5)N4)cc3)n2)cc(N2CCOCC2)c1. The Bertz CT molecular complexity index is 1490. The van der Waals surface area contributed by atoms with E-state index in [-0.39, 0.29) is 0 Å². The summed E-state index contributed by atoms with van der Waals surface area (Å²) in [6, 6.07) is 23.7. The molecular weight excluding hydrogens is 478 g/mol. The van der Waals surface area contributed by atoms with E-state index in [1.54, 1.807) is 12.4 Å². The normalized spacial score (nSPS) is 15.0. The third-order valence-electron chi connectivity index (χ3n) is 6.33. The molecule has 4 heterocycles. The summed E-state index contributed by atoms with van der Waals surface area (Å²) < 4.78 is 5.47. The summed E-state index contributed by atoms with van der Waals surface area (Å²) in [6.45, 7) is 3.45. The second kappa shape index (κ2) is 10.5. The zero-order valence-electron chi connectivity index (χ0n) is 20.6. The van der Waals surface area contributed by atoms with Gasteiger partial charge < -0.3 is 15.0 Å². The lowest BCUT2D eigenvalue weighted by Gasteiger charge is -2.29. The molecule has 1 saturated heterocycles. The third kappa shape index (κ3) is 5.09. The Morgan fingerprint density at radius 3 is 2.55 bits per heavy atom. The van der Waals surface area contributed by atoms with Gasteiger partial charge in [0.25, 0.3) is 0 Å². The lowest BCUT2D eigenvalue weighted by atomic mass is 10.1. The topological polar surface area (TPSA) is 115 Å². The number of nitrogens with one attached hydrogen (secondary N) is 2. The van der Waals surface area contributed by atoms with Gasteiger partial charge in [-0.2, -0.15) is 5.26 Å². The highest BCUT2D eigenvalue weighted by Crippen LogP contribution is 2.27. The molecule has 10 heteroatoms. The van der Waals surface area contributed by atoms with E-state index in [1.165, 1.54) is 0 Å². The Morgan fingerprint density at radius 1 is 0.895 bits per heavy atom. The van der Waals surface area contributed by atoms with Crippen LogP contribution in [0.15, 0.2) is 84.1 Å². The zero-order chi connectivity index (χ0) is 25.7. The molecule has 1 fully saturated rings. The van der Waals surface area contributed by atoms with Crippen molar-refractivity contribution in [2.75, 3.05) is 48.2 Å². The van der Waals surface area contributed by atoms with Crippen molar-refractivity contribution in [3.63, 3.8) is 0 Å². The van der Waals surface area contributed by atoms with Crippen LogP contribution < -0.4 is 20.7 Å². The molecule has 0 unspecified atom stereocenters. The maximum absolute atomic E-state index is 9.60. The molecule has 6 rings (SSSR count). The number of aromatic nitrogens is 3. The maximum Gasteiger partial charge on any atom is 0.227 e. The van der Waals surface area contributed by atoms with Gasteiger partial charge in [0.2, 0.25) is 5.95 Å². The number of anilines is 4. The summed E-state index contributed by atoms with van der Waals surface area (Å²) in [5.41, 5.74) is 9.14. The first-order chi connectivity index (χ1) is 18.7. The van der Waals surface area contributed by atoms with E-state index in [2.05, 4.69) is 42.7 Å². The fourth-order valence-electron chi connectivity index (χ4n) is 4.39. The molecule has 2 aliphatic heterocycles. The highest BCUT2D eigenvalue weighted by Gasteiger charge is 2.18. The lowest BCUT2D eigenvalue weighted by molar-refractivity contribution is 0.122. The number of hydrogen-bond donors (Lipinski definition) is 2. The zero-order valence-corrected chi connectivity index (χ0v) is 20.6. The van der Waals surface area contributed by atoms with Crippen LogP contribution in [0, 0.1) is 11.3 Å². The molecule has 0 aliphatic carbocycles. The molecule has 0 spiro atoms. The van der Waals surface area contributed by atoms with Gasteiger partial charge in [-0.3, -0.25) is 15.4 Å². The van der Waals surface area contributed by atoms with Crippen LogP contribution in [-0.2, 0) is 4.74 Å². The predicted octanol–water partition coefficient (Wildman–Crippen LogP) is 3.72. The molecule has 0 radical (unpaired) electrons. The number of amidine groups is 1. The fourth-order valence-corrected chi connectivity index (χ4v) is 4.39. The van der Waals surface area contributed by atoms with Crippen molar-refractivity contribution in [2.24, 2.45) is 4.99 Å². The summed E-state index contributed by atoms with van der Waals surface area (Å²) in [4.78, 5) is 20.2. The van der Waals surface area contributed by atoms with Gasteiger partial charge in [0.05, 0.1) is 36.2 Å². The van der Waals surface area contributed by atoms with E-state index in [1.807, 2.05) is 65.7 Å². The molecule has 4 aromatic rings. The average Bonchev–Trinajstić information content (AvgIpc) is 3.49. The van der Waals surface area contributed by atoms with Gasteiger partial charge in [0.1, 0.15) is 12.4 Å². The van der Waals surface area contributed by atoms with E-state index >= 15 is 0 Å². The number of ether oxygens (including phenoxy) is 1. The van der Waals surface area contributed by atoms with Crippen molar-refractivity contribution in [2.45, 2.75) is 0 Å². The van der Waals surface area contributed by atoms with Crippen LogP contribution in [0.5, 0.6) is 0 Å². The summed E-state index contributed by atoms with van der Waals surface area (Å²) in [6.07, 6.45) is 3.47. The number of rotatable bonds is 6. The van der Waals surface area contributed by atoms with Crippen LogP contribution in [0.1, 0.15) is 11.3 Å². The molecular formula is C28H25N9O. The minimum atomic E-state index is 0.477. The number of benzene rings is 2. The van der Waals surface area contributed by atoms with Crippen molar-refractivity contribution in [3.8, 4) is 17.3 Å². The van der Waals surface area contributed by atoms with Crippen LogP contribution in [0.2, 0.25) is 0 Å². The third-order valence-corrected chi connectivity index (χ3v) is 6.33. The van der Waals surface area contributed by atoms with Crippen LogP contribution in [-0.4, -0.2) is 53.8 Å². The largest absolute Gasteiger partial charge is 0.378 e. The quantitative estimate of drug-likeness (QED) is 0.406. The summed E-state index contributed by atoms with van der Waals surface area (Å²) in [7, 11) is 0. The van der Waals surface area contributed by atoms with Gasteiger partial charge in [-0.1, -0.05) is 6.07 Å². The first-order valence-electron chi connectivity index (χ1n) is 12.3. The van der Waals surface area contributed by atoms with E-state index in [0.717, 1.165) is 52.9 Å². The molecule has 0 saturated carbocycles. The van der Waals surface area contributed by atoms with Gasteiger partial charge in [-0.05, 0) is 60.7 Å². The van der Waals surface area contributed by atoms with Crippen LogP contribution in [0.3, 0.4) is 0 Å². The summed E-state index contributed by atoms with van der Waals surface area (Å²) in [5.74, 6) is 1.22. The van der Waals surface area contributed by atoms with Gasteiger partial charge in [0.15, 0.2) is 5.84 Å². The molecule has 0 bridgehead atoms. The molecule has 2 aromatic carbocycles. The molecule has 2 aliphatic rings. The Balaban J connectivity index is 1.16. The summed E-state index contributed by atoms with van der Waals surface area (Å²) >= 11 is 0. The van der Waals surface area contributed by atoms with Crippen molar-refractivity contribution < 1.29 is 4.74 Å². The summed E-state index contributed by atoms with van der Waals surface area (Å²) in [5, 5.41) is 14.8. The first-order valence-corrected chi connectivity index (χ1v) is 12.3. The molecule has 0 amide bonds. The maximum atomic E-state index is 9.60. The molecule has 10 nitrogen and oxygen atoms in total. The lowest BCUT2D eigenvalue weighted by Crippen LogP contribution is -2.36. The second-order valence-corrected chi connectivity index (χ2v) is 8.82. The molecule has 2 N–H and O–H groups in total. The van der Waals surface area contributed by atoms with Crippen molar-refractivity contribution >= 4 is 28.8 Å². The van der Waals surface area contributed by atoms with E-state index in [9.17, 15) is 5.26 Å². The highest BCUT2D eigenvalue weighted by atomic mass is 16.5. The smallest absolute Gasteiger partial charge is 0.227 e. The van der Waals surface area contributed by atoms with Gasteiger partial charge >= 0.3 is 0 Å². The molecule has 38 heavy (non-hydrogen) atoms. The predicted molar refractivity (Wildman–Crippen MR) is 146 cm³/mol. The average molecular weight is 504 g/mol. The van der Waals surface area contributed by atoms with Crippen molar-refractivity contribution in [1.82, 2.24) is 20.4 Å². The Hall–Kier alpha value is -5.01. The van der Waals surface area contributed by atoms with Crippen molar-refractivity contribution in [3.05, 3.63) is 90.4 Å². The highest BCUT2D eigenvalue weighted by molar-refractivity contribution is 5.99. The van der Waals surface area contributed by atoms with Crippen LogP contribution >= 0.6 is 0 Å². The number of hydrogen-bond acceptors (Lipinski definition) is 10. The number of hydrazine groups is 1. The molecule has 188 valence electrons. The second-order valence-electron chi connectivity index (χ2n) is 8.82. The van der Waals surface area contributed by atoms with Gasteiger partial charge in [0, 0.05) is 42.4 Å². The van der Waals surface area contributed by atoms with E-state index in [0.29, 0.717) is 31.4 Å². The number of nitrogens with zero attached hydrogens (tertiary/aromatic N) is 7. The van der Waals surface area contributed by atoms with Gasteiger partial charge in [-0.25, -0.2) is 15.0 Å². The van der Waals surface area contributed by atoms with E-state index < -0.39 is 0 Å².